The summed E-state index contributed by atoms with van der Waals surface area (Å²) in [5.41, 5.74) is 1.51. The first-order chi connectivity index (χ1) is 10.1. The molecule has 0 amide bonds. The molecule has 0 aliphatic rings. The van der Waals surface area contributed by atoms with Crippen molar-refractivity contribution in [2.45, 2.75) is 13.2 Å². The Kier molecular flexibility index (Phi) is 3.57. The number of ether oxygens (including phenoxy) is 1. The lowest BCUT2D eigenvalue weighted by molar-refractivity contribution is 0.000800. The van der Waals surface area contributed by atoms with Gasteiger partial charge in [-0.2, -0.15) is 0 Å². The van der Waals surface area contributed by atoms with E-state index in [9.17, 15) is 9.50 Å². The molecule has 108 valence electrons. The van der Waals surface area contributed by atoms with Crippen LogP contribution in [0.25, 0.3) is 16.6 Å². The Morgan fingerprint density at radius 2 is 2.00 bits per heavy atom. The summed E-state index contributed by atoms with van der Waals surface area (Å²) in [4.78, 5) is 0. The molecule has 21 heavy (non-hydrogen) atoms. The Balaban J connectivity index is 2.23. The van der Waals surface area contributed by atoms with Gasteiger partial charge in [-0.05, 0) is 37.3 Å². The molecule has 2 aromatic carbocycles. The lowest BCUT2D eigenvalue weighted by Gasteiger charge is -2.07. The van der Waals surface area contributed by atoms with E-state index in [2.05, 4.69) is 0 Å². The Hall–Kier alpha value is -2.04. The van der Waals surface area contributed by atoms with Gasteiger partial charge in [0.25, 0.3) is 0 Å². The van der Waals surface area contributed by atoms with Gasteiger partial charge < -0.3 is 14.4 Å². The second kappa shape index (κ2) is 5.39. The molecular formula is C16H13ClFNO2. The number of aliphatic hydroxyl groups excluding tert-OH is 1. The first kappa shape index (κ1) is 13.9. The van der Waals surface area contributed by atoms with Crippen LogP contribution in [0, 0.1) is 5.82 Å². The molecule has 0 saturated carbocycles. The summed E-state index contributed by atoms with van der Waals surface area (Å²) in [6, 6.07) is 11.8. The van der Waals surface area contributed by atoms with Gasteiger partial charge in [0.15, 0.2) is 6.29 Å². The third kappa shape index (κ3) is 2.60. The van der Waals surface area contributed by atoms with E-state index in [1.165, 1.54) is 19.1 Å². The van der Waals surface area contributed by atoms with Crippen LogP contribution >= 0.6 is 11.6 Å². The van der Waals surface area contributed by atoms with Gasteiger partial charge in [-0.15, -0.1) is 0 Å². The zero-order valence-electron chi connectivity index (χ0n) is 11.3. The van der Waals surface area contributed by atoms with Gasteiger partial charge in [0.2, 0.25) is 0 Å². The molecule has 1 atom stereocenters. The summed E-state index contributed by atoms with van der Waals surface area (Å²) in [6.07, 6.45) is 0.809. The molecule has 0 aliphatic carbocycles. The van der Waals surface area contributed by atoms with E-state index in [1.807, 2.05) is 28.8 Å². The number of benzene rings is 2. The van der Waals surface area contributed by atoms with Crippen LogP contribution in [-0.2, 0) is 0 Å². The van der Waals surface area contributed by atoms with Crippen molar-refractivity contribution in [3.63, 3.8) is 0 Å². The molecule has 0 fully saturated rings. The first-order valence-corrected chi connectivity index (χ1v) is 6.84. The average Bonchev–Trinajstić information content (AvgIpc) is 2.77. The molecule has 3 nitrogen and oxygen atoms in total. The molecule has 1 N–H and O–H groups in total. The van der Waals surface area contributed by atoms with Crippen molar-refractivity contribution >= 4 is 22.5 Å². The monoisotopic (exact) mass is 305 g/mol. The summed E-state index contributed by atoms with van der Waals surface area (Å²) in [5.74, 6) is 0.154. The summed E-state index contributed by atoms with van der Waals surface area (Å²) in [6.45, 7) is 1.54. The number of halogens is 2. The molecule has 1 unspecified atom stereocenters. The summed E-state index contributed by atoms with van der Waals surface area (Å²) in [5, 5.41) is 10.6. The van der Waals surface area contributed by atoms with Gasteiger partial charge in [0.05, 0.1) is 22.4 Å². The molecular weight excluding hydrogens is 293 g/mol. The molecule has 0 radical (unpaired) electrons. The van der Waals surface area contributed by atoms with Crippen LogP contribution in [0.15, 0.2) is 48.7 Å². The lowest BCUT2D eigenvalue weighted by Crippen LogP contribution is -2.09. The Morgan fingerprint density at radius 3 is 2.71 bits per heavy atom. The highest BCUT2D eigenvalue weighted by Gasteiger charge is 2.14. The van der Waals surface area contributed by atoms with Gasteiger partial charge in [-0.3, -0.25) is 0 Å². The third-order valence-electron chi connectivity index (χ3n) is 3.14. The largest absolute Gasteiger partial charge is 0.463 e. The number of para-hydroxylation sites is 1. The van der Waals surface area contributed by atoms with Gasteiger partial charge in [0, 0.05) is 5.39 Å². The Labute approximate surface area is 126 Å². The fraction of sp³-hybridized carbons (Fsp3) is 0.125. The van der Waals surface area contributed by atoms with Crippen molar-refractivity contribution in [2.75, 3.05) is 0 Å². The standard InChI is InChI=1S/C16H13ClFNO2/c1-10(20)21-16-9-19(14-5-3-2-4-12(14)16)15-7-6-11(18)8-13(15)17/h2-10,20H,1H3. The van der Waals surface area contributed by atoms with Crippen LogP contribution in [0.1, 0.15) is 6.92 Å². The van der Waals surface area contributed by atoms with Gasteiger partial charge in [-0.1, -0.05) is 23.7 Å². The fourth-order valence-corrected chi connectivity index (χ4v) is 2.56. The highest BCUT2D eigenvalue weighted by molar-refractivity contribution is 6.32. The smallest absolute Gasteiger partial charge is 0.194 e. The number of hydrogen-bond donors (Lipinski definition) is 1. The lowest BCUT2D eigenvalue weighted by atomic mass is 10.2. The summed E-state index contributed by atoms with van der Waals surface area (Å²) >= 11 is 6.13. The molecule has 3 rings (SSSR count). The van der Waals surface area contributed by atoms with Crippen molar-refractivity contribution < 1.29 is 14.2 Å². The molecule has 3 aromatic rings. The topological polar surface area (TPSA) is 34.4 Å². The van der Waals surface area contributed by atoms with Crippen LogP contribution in [0.2, 0.25) is 5.02 Å². The van der Waals surface area contributed by atoms with E-state index in [0.717, 1.165) is 10.9 Å². The van der Waals surface area contributed by atoms with Gasteiger partial charge in [-0.25, -0.2) is 4.39 Å². The normalized spacial score (nSPS) is 12.6. The van der Waals surface area contributed by atoms with Gasteiger partial charge in [0.1, 0.15) is 11.6 Å². The molecule has 1 heterocycles. The molecule has 0 bridgehead atoms. The quantitative estimate of drug-likeness (QED) is 0.738. The van der Waals surface area contributed by atoms with Gasteiger partial charge >= 0.3 is 0 Å². The van der Waals surface area contributed by atoms with Crippen molar-refractivity contribution in [2.24, 2.45) is 0 Å². The Morgan fingerprint density at radius 1 is 1.24 bits per heavy atom. The highest BCUT2D eigenvalue weighted by atomic mass is 35.5. The first-order valence-electron chi connectivity index (χ1n) is 6.46. The number of fused-ring (bicyclic) bond motifs is 1. The summed E-state index contributed by atoms with van der Waals surface area (Å²) in [7, 11) is 0. The highest BCUT2D eigenvalue weighted by Crippen LogP contribution is 2.33. The van der Waals surface area contributed by atoms with Crippen LogP contribution in [-0.4, -0.2) is 16.0 Å². The van der Waals surface area contributed by atoms with E-state index in [0.29, 0.717) is 16.5 Å². The van der Waals surface area contributed by atoms with Crippen LogP contribution in [0.3, 0.4) is 0 Å². The van der Waals surface area contributed by atoms with E-state index < -0.39 is 6.29 Å². The minimum absolute atomic E-state index is 0.305. The minimum Gasteiger partial charge on any atom is -0.463 e. The second-order valence-electron chi connectivity index (χ2n) is 4.69. The molecule has 5 heteroatoms. The number of aliphatic hydroxyl groups is 1. The van der Waals surface area contributed by atoms with E-state index in [-0.39, 0.29) is 5.82 Å². The van der Waals surface area contributed by atoms with Crippen LogP contribution < -0.4 is 4.74 Å². The van der Waals surface area contributed by atoms with Crippen LogP contribution in [0.5, 0.6) is 5.75 Å². The average molecular weight is 306 g/mol. The number of hydrogen-bond acceptors (Lipinski definition) is 2. The maximum atomic E-state index is 13.2. The third-order valence-corrected chi connectivity index (χ3v) is 3.44. The van der Waals surface area contributed by atoms with E-state index in [1.54, 1.807) is 12.3 Å². The zero-order chi connectivity index (χ0) is 15.0. The predicted octanol–water partition coefficient (Wildman–Crippen LogP) is 4.14. The zero-order valence-corrected chi connectivity index (χ0v) is 12.0. The Bertz CT molecular complexity index is 798. The SMILES string of the molecule is CC(O)Oc1cn(-c2ccc(F)cc2Cl)c2ccccc12. The maximum Gasteiger partial charge on any atom is 0.194 e. The van der Waals surface area contributed by atoms with Crippen LogP contribution in [0.4, 0.5) is 4.39 Å². The van der Waals surface area contributed by atoms with Crippen molar-refractivity contribution in [1.82, 2.24) is 4.57 Å². The molecule has 0 spiro atoms. The molecule has 0 aliphatic heterocycles. The minimum atomic E-state index is -0.923. The van der Waals surface area contributed by atoms with Crippen molar-refractivity contribution in [1.29, 1.82) is 0 Å². The predicted molar refractivity (Wildman–Crippen MR) is 80.6 cm³/mol. The maximum absolute atomic E-state index is 13.2. The van der Waals surface area contributed by atoms with E-state index in [4.69, 9.17) is 16.3 Å². The fourth-order valence-electron chi connectivity index (χ4n) is 2.30. The molecule has 1 aromatic heterocycles. The molecule has 0 saturated heterocycles. The van der Waals surface area contributed by atoms with E-state index >= 15 is 0 Å². The number of aromatic nitrogens is 1. The summed E-state index contributed by atoms with van der Waals surface area (Å²) < 4.78 is 20.4. The second-order valence-corrected chi connectivity index (χ2v) is 5.10. The number of nitrogens with zero attached hydrogens (tertiary/aromatic N) is 1. The van der Waals surface area contributed by atoms with Crippen molar-refractivity contribution in [3.05, 3.63) is 59.5 Å². The van der Waals surface area contributed by atoms with Crippen molar-refractivity contribution in [3.8, 4) is 11.4 Å². The number of rotatable bonds is 3.